The number of aromatic nitrogens is 1. The molecule has 0 unspecified atom stereocenters. The molecule has 2 aromatic rings. The van der Waals surface area contributed by atoms with Gasteiger partial charge in [-0.1, -0.05) is 20.8 Å². The van der Waals surface area contributed by atoms with Crippen LogP contribution in [0.5, 0.6) is 5.75 Å². The molecule has 102 valence electrons. The molecular formula is C15H20N2O2. The number of ether oxygens (including phenoxy) is 1. The number of nitrogens with zero attached hydrogens (tertiary/aromatic N) is 1. The number of benzene rings is 1. The van der Waals surface area contributed by atoms with E-state index in [0.29, 0.717) is 18.2 Å². The van der Waals surface area contributed by atoms with Crippen molar-refractivity contribution < 1.29 is 9.15 Å². The lowest BCUT2D eigenvalue weighted by atomic mass is 9.94. The largest absolute Gasteiger partial charge is 0.494 e. The summed E-state index contributed by atoms with van der Waals surface area (Å²) in [6, 6.07) is 5.51. The van der Waals surface area contributed by atoms with Gasteiger partial charge in [-0.2, -0.15) is 0 Å². The van der Waals surface area contributed by atoms with Crippen molar-refractivity contribution in [3.63, 3.8) is 0 Å². The predicted octanol–water partition coefficient (Wildman–Crippen LogP) is 3.62. The first kappa shape index (κ1) is 13.5. The Bertz CT molecular complexity index is 568. The van der Waals surface area contributed by atoms with Crippen molar-refractivity contribution in [1.82, 2.24) is 4.98 Å². The fraction of sp³-hybridized carbons (Fsp3) is 0.400. The molecule has 0 aliphatic rings. The predicted molar refractivity (Wildman–Crippen MR) is 76.2 cm³/mol. The maximum atomic E-state index is 5.87. The van der Waals surface area contributed by atoms with E-state index in [2.05, 4.69) is 25.8 Å². The van der Waals surface area contributed by atoms with E-state index in [1.54, 1.807) is 12.3 Å². The Labute approximate surface area is 113 Å². The summed E-state index contributed by atoms with van der Waals surface area (Å²) in [5.41, 5.74) is 7.28. The molecule has 0 saturated heterocycles. The molecule has 2 N–H and O–H groups in total. The van der Waals surface area contributed by atoms with Gasteiger partial charge in [0.1, 0.15) is 11.5 Å². The van der Waals surface area contributed by atoms with Crippen LogP contribution >= 0.6 is 0 Å². The van der Waals surface area contributed by atoms with Crippen molar-refractivity contribution in [3.05, 3.63) is 30.2 Å². The SMILES string of the molecule is CCOc1cc(N)cc(-c2ncc(C(C)(C)C)o2)c1. The highest BCUT2D eigenvalue weighted by Gasteiger charge is 2.20. The van der Waals surface area contributed by atoms with Gasteiger partial charge in [0.15, 0.2) is 0 Å². The van der Waals surface area contributed by atoms with E-state index < -0.39 is 0 Å². The Morgan fingerprint density at radius 1 is 1.26 bits per heavy atom. The molecule has 1 aromatic heterocycles. The van der Waals surface area contributed by atoms with Crippen LogP contribution in [0.25, 0.3) is 11.5 Å². The van der Waals surface area contributed by atoms with Gasteiger partial charge in [0.25, 0.3) is 0 Å². The quantitative estimate of drug-likeness (QED) is 0.856. The van der Waals surface area contributed by atoms with Crippen LogP contribution in [-0.4, -0.2) is 11.6 Å². The zero-order valence-corrected chi connectivity index (χ0v) is 11.9. The third-order valence-electron chi connectivity index (χ3n) is 2.73. The first-order valence-electron chi connectivity index (χ1n) is 6.40. The summed E-state index contributed by atoms with van der Waals surface area (Å²) in [6.45, 7) is 8.79. The maximum absolute atomic E-state index is 5.87. The van der Waals surface area contributed by atoms with Crippen LogP contribution < -0.4 is 10.5 Å². The van der Waals surface area contributed by atoms with Crippen LogP contribution in [0.15, 0.2) is 28.8 Å². The van der Waals surface area contributed by atoms with Crippen LogP contribution in [-0.2, 0) is 5.41 Å². The minimum Gasteiger partial charge on any atom is -0.494 e. The molecule has 0 saturated carbocycles. The van der Waals surface area contributed by atoms with E-state index in [1.165, 1.54) is 0 Å². The van der Waals surface area contributed by atoms with Crippen molar-refractivity contribution >= 4 is 5.69 Å². The normalized spacial score (nSPS) is 11.6. The van der Waals surface area contributed by atoms with E-state index in [0.717, 1.165) is 17.1 Å². The third-order valence-corrected chi connectivity index (χ3v) is 2.73. The van der Waals surface area contributed by atoms with Gasteiger partial charge in [-0.05, 0) is 19.1 Å². The molecule has 0 aliphatic heterocycles. The Hall–Kier alpha value is -1.97. The second-order valence-electron chi connectivity index (χ2n) is 5.50. The van der Waals surface area contributed by atoms with Crippen molar-refractivity contribution in [2.75, 3.05) is 12.3 Å². The first-order chi connectivity index (χ1) is 8.90. The average Bonchev–Trinajstić information content (AvgIpc) is 2.77. The van der Waals surface area contributed by atoms with Gasteiger partial charge in [-0.3, -0.25) is 0 Å². The fourth-order valence-corrected chi connectivity index (χ4v) is 1.75. The summed E-state index contributed by atoms with van der Waals surface area (Å²) in [5.74, 6) is 2.15. The standard InChI is InChI=1S/C15H20N2O2/c1-5-18-12-7-10(6-11(16)8-12)14-17-9-13(19-14)15(2,3)4/h6-9H,5,16H2,1-4H3. The molecule has 1 heterocycles. The van der Waals surface area contributed by atoms with Crippen LogP contribution in [0.4, 0.5) is 5.69 Å². The summed E-state index contributed by atoms with van der Waals surface area (Å²) in [7, 11) is 0. The highest BCUT2D eigenvalue weighted by molar-refractivity contribution is 5.63. The number of nitrogen functional groups attached to an aromatic ring is 1. The minimum absolute atomic E-state index is 0.0612. The van der Waals surface area contributed by atoms with Crippen molar-refractivity contribution in [2.45, 2.75) is 33.1 Å². The van der Waals surface area contributed by atoms with E-state index in [4.69, 9.17) is 14.9 Å². The number of hydrogen-bond donors (Lipinski definition) is 1. The molecule has 4 nitrogen and oxygen atoms in total. The number of oxazole rings is 1. The summed E-state index contributed by atoms with van der Waals surface area (Å²) < 4.78 is 11.3. The molecule has 2 rings (SSSR count). The Balaban J connectivity index is 2.38. The van der Waals surface area contributed by atoms with E-state index in [-0.39, 0.29) is 5.41 Å². The second-order valence-corrected chi connectivity index (χ2v) is 5.50. The second kappa shape index (κ2) is 4.96. The van der Waals surface area contributed by atoms with Crippen molar-refractivity contribution in [3.8, 4) is 17.2 Å². The minimum atomic E-state index is -0.0612. The number of nitrogens with two attached hydrogens (primary N) is 1. The monoisotopic (exact) mass is 260 g/mol. The van der Waals surface area contributed by atoms with Gasteiger partial charge in [0, 0.05) is 22.7 Å². The van der Waals surface area contributed by atoms with Gasteiger partial charge < -0.3 is 14.9 Å². The van der Waals surface area contributed by atoms with Crippen LogP contribution in [0.3, 0.4) is 0 Å². The van der Waals surface area contributed by atoms with E-state index in [9.17, 15) is 0 Å². The number of anilines is 1. The molecule has 19 heavy (non-hydrogen) atoms. The fourth-order valence-electron chi connectivity index (χ4n) is 1.75. The topological polar surface area (TPSA) is 61.3 Å². The Morgan fingerprint density at radius 2 is 2.00 bits per heavy atom. The molecule has 0 bridgehead atoms. The Morgan fingerprint density at radius 3 is 2.58 bits per heavy atom. The smallest absolute Gasteiger partial charge is 0.226 e. The highest BCUT2D eigenvalue weighted by atomic mass is 16.5. The van der Waals surface area contributed by atoms with E-state index in [1.807, 2.05) is 19.1 Å². The molecule has 0 spiro atoms. The lowest BCUT2D eigenvalue weighted by molar-refractivity contribution is 0.340. The average molecular weight is 260 g/mol. The highest BCUT2D eigenvalue weighted by Crippen LogP contribution is 2.30. The van der Waals surface area contributed by atoms with Crippen molar-refractivity contribution in [1.29, 1.82) is 0 Å². The molecule has 0 fully saturated rings. The molecule has 0 radical (unpaired) electrons. The molecule has 0 amide bonds. The lowest BCUT2D eigenvalue weighted by Crippen LogP contribution is -2.09. The van der Waals surface area contributed by atoms with Crippen LogP contribution in [0.2, 0.25) is 0 Å². The third kappa shape index (κ3) is 3.08. The van der Waals surface area contributed by atoms with Gasteiger partial charge in [-0.25, -0.2) is 4.98 Å². The molecule has 1 aromatic carbocycles. The lowest BCUT2D eigenvalue weighted by Gasteiger charge is -2.13. The van der Waals surface area contributed by atoms with Gasteiger partial charge >= 0.3 is 0 Å². The van der Waals surface area contributed by atoms with Gasteiger partial charge in [-0.15, -0.1) is 0 Å². The summed E-state index contributed by atoms with van der Waals surface area (Å²) in [5, 5.41) is 0. The van der Waals surface area contributed by atoms with Gasteiger partial charge in [0.2, 0.25) is 5.89 Å². The molecule has 4 heteroatoms. The maximum Gasteiger partial charge on any atom is 0.226 e. The number of rotatable bonds is 3. The van der Waals surface area contributed by atoms with E-state index >= 15 is 0 Å². The summed E-state index contributed by atoms with van der Waals surface area (Å²) in [6.07, 6.45) is 1.76. The van der Waals surface area contributed by atoms with Crippen molar-refractivity contribution in [2.24, 2.45) is 0 Å². The summed E-state index contributed by atoms with van der Waals surface area (Å²) >= 11 is 0. The first-order valence-corrected chi connectivity index (χ1v) is 6.40. The number of hydrogen-bond acceptors (Lipinski definition) is 4. The zero-order valence-electron chi connectivity index (χ0n) is 11.9. The van der Waals surface area contributed by atoms with Crippen LogP contribution in [0, 0.1) is 0 Å². The van der Waals surface area contributed by atoms with Gasteiger partial charge in [0.05, 0.1) is 12.8 Å². The summed E-state index contributed by atoms with van der Waals surface area (Å²) in [4.78, 5) is 4.32. The molecule has 0 atom stereocenters. The Kier molecular flexibility index (Phi) is 3.51. The zero-order chi connectivity index (χ0) is 14.0. The molecular weight excluding hydrogens is 240 g/mol. The van der Waals surface area contributed by atoms with Crippen LogP contribution in [0.1, 0.15) is 33.5 Å². The molecule has 0 aliphatic carbocycles.